The molecule has 0 aliphatic carbocycles. The summed E-state index contributed by atoms with van der Waals surface area (Å²) in [6.07, 6.45) is 1.41. The second kappa shape index (κ2) is 6.41. The van der Waals surface area contributed by atoms with Crippen molar-refractivity contribution >= 4 is 23.2 Å². The van der Waals surface area contributed by atoms with Crippen LogP contribution in [0.4, 0.5) is 5.69 Å². The summed E-state index contributed by atoms with van der Waals surface area (Å²) < 4.78 is 1.53. The number of rotatable bonds is 4. The molecular weight excluding hydrogens is 300 g/mol. The Kier molecular flexibility index (Phi) is 4.16. The molecule has 0 spiro atoms. The number of benzene rings is 2. The molecule has 0 fully saturated rings. The van der Waals surface area contributed by atoms with Crippen molar-refractivity contribution in [1.29, 1.82) is 0 Å². The number of hydrogen-bond acceptors (Lipinski definition) is 3. The number of nitrogens with zero attached hydrogens (tertiary/aromatic N) is 3. The number of aromatic nitrogens is 3. The lowest BCUT2D eigenvalue weighted by atomic mass is 10.2. The van der Waals surface area contributed by atoms with Crippen molar-refractivity contribution in [2.45, 2.75) is 6.54 Å². The Hall–Kier alpha value is -2.66. The molecule has 0 atom stereocenters. The van der Waals surface area contributed by atoms with Gasteiger partial charge in [-0.1, -0.05) is 41.9 Å². The Bertz CT molecular complexity index is 786. The van der Waals surface area contributed by atoms with Gasteiger partial charge in [0.1, 0.15) is 12.9 Å². The zero-order chi connectivity index (χ0) is 15.4. The molecule has 1 N–H and O–H groups in total. The standard InChI is InChI=1S/C16H13ClN4O/c17-14-9-5-4-8-13(14)16-18-11-19-21(16)10-15(22)20-12-6-2-1-3-7-12/h1-9,11H,10H2,(H,20,22). The van der Waals surface area contributed by atoms with Crippen LogP contribution in [-0.2, 0) is 11.3 Å². The molecule has 0 radical (unpaired) electrons. The van der Waals surface area contributed by atoms with E-state index in [1.54, 1.807) is 6.07 Å². The summed E-state index contributed by atoms with van der Waals surface area (Å²) in [5, 5.41) is 7.48. The third-order valence-corrected chi connectivity index (χ3v) is 3.41. The number of carbonyl (C=O) groups excluding carboxylic acids is 1. The van der Waals surface area contributed by atoms with Gasteiger partial charge in [0, 0.05) is 11.3 Å². The fourth-order valence-corrected chi connectivity index (χ4v) is 2.31. The number of hydrogen-bond donors (Lipinski definition) is 1. The lowest BCUT2D eigenvalue weighted by Gasteiger charge is -2.08. The minimum absolute atomic E-state index is 0.0649. The average molecular weight is 313 g/mol. The Morgan fingerprint density at radius 3 is 2.59 bits per heavy atom. The van der Waals surface area contributed by atoms with Crippen LogP contribution in [0.2, 0.25) is 5.02 Å². The van der Waals surface area contributed by atoms with E-state index in [0.29, 0.717) is 10.8 Å². The van der Waals surface area contributed by atoms with Gasteiger partial charge in [0.2, 0.25) is 5.91 Å². The maximum atomic E-state index is 12.1. The highest BCUT2D eigenvalue weighted by Crippen LogP contribution is 2.25. The maximum Gasteiger partial charge on any atom is 0.246 e. The molecule has 6 heteroatoms. The second-order valence-corrected chi connectivity index (χ2v) is 5.04. The fraction of sp³-hybridized carbons (Fsp3) is 0.0625. The molecule has 1 aromatic heterocycles. The largest absolute Gasteiger partial charge is 0.324 e. The quantitative estimate of drug-likeness (QED) is 0.804. The van der Waals surface area contributed by atoms with E-state index in [2.05, 4.69) is 15.4 Å². The minimum Gasteiger partial charge on any atom is -0.324 e. The molecule has 0 unspecified atom stereocenters. The molecule has 3 rings (SSSR count). The summed E-state index contributed by atoms with van der Waals surface area (Å²) in [5.41, 5.74) is 1.49. The van der Waals surface area contributed by atoms with E-state index in [1.165, 1.54) is 11.0 Å². The van der Waals surface area contributed by atoms with E-state index in [0.717, 1.165) is 11.3 Å². The van der Waals surface area contributed by atoms with Gasteiger partial charge in [-0.15, -0.1) is 0 Å². The zero-order valence-corrected chi connectivity index (χ0v) is 12.4. The number of nitrogens with one attached hydrogen (secondary N) is 1. The van der Waals surface area contributed by atoms with Crippen LogP contribution in [0.3, 0.4) is 0 Å². The van der Waals surface area contributed by atoms with Crippen molar-refractivity contribution in [3.8, 4) is 11.4 Å². The van der Waals surface area contributed by atoms with Crippen LogP contribution in [0.1, 0.15) is 0 Å². The first-order valence-corrected chi connectivity index (χ1v) is 7.09. The first-order chi connectivity index (χ1) is 10.7. The van der Waals surface area contributed by atoms with Gasteiger partial charge < -0.3 is 5.32 Å². The molecule has 3 aromatic rings. The van der Waals surface area contributed by atoms with Gasteiger partial charge in [-0.25, -0.2) is 9.67 Å². The van der Waals surface area contributed by atoms with E-state index in [-0.39, 0.29) is 12.5 Å². The van der Waals surface area contributed by atoms with Crippen molar-refractivity contribution < 1.29 is 4.79 Å². The van der Waals surface area contributed by atoms with E-state index in [9.17, 15) is 4.79 Å². The molecule has 5 nitrogen and oxygen atoms in total. The number of para-hydroxylation sites is 1. The van der Waals surface area contributed by atoms with Gasteiger partial charge in [0.15, 0.2) is 5.82 Å². The zero-order valence-electron chi connectivity index (χ0n) is 11.6. The Morgan fingerprint density at radius 1 is 1.09 bits per heavy atom. The van der Waals surface area contributed by atoms with Gasteiger partial charge in [-0.05, 0) is 24.3 Å². The monoisotopic (exact) mass is 312 g/mol. The molecule has 0 aliphatic rings. The molecule has 0 bridgehead atoms. The smallest absolute Gasteiger partial charge is 0.246 e. The van der Waals surface area contributed by atoms with Crippen LogP contribution >= 0.6 is 11.6 Å². The summed E-state index contributed by atoms with van der Waals surface area (Å²) in [6.45, 7) is 0.0649. The number of amides is 1. The van der Waals surface area contributed by atoms with Crippen molar-refractivity contribution in [2.75, 3.05) is 5.32 Å². The third-order valence-electron chi connectivity index (χ3n) is 3.08. The van der Waals surface area contributed by atoms with E-state index in [1.807, 2.05) is 48.5 Å². The molecule has 0 aliphatic heterocycles. The molecule has 1 heterocycles. The third kappa shape index (κ3) is 3.15. The number of anilines is 1. The van der Waals surface area contributed by atoms with E-state index >= 15 is 0 Å². The Labute approximate surface area is 132 Å². The van der Waals surface area contributed by atoms with E-state index in [4.69, 9.17) is 11.6 Å². The van der Waals surface area contributed by atoms with Gasteiger partial charge in [0.25, 0.3) is 0 Å². The molecule has 22 heavy (non-hydrogen) atoms. The SMILES string of the molecule is O=C(Cn1ncnc1-c1ccccc1Cl)Nc1ccccc1. The van der Waals surface area contributed by atoms with Crippen LogP contribution in [0.15, 0.2) is 60.9 Å². The summed E-state index contributed by atoms with van der Waals surface area (Å²) in [7, 11) is 0. The minimum atomic E-state index is -0.176. The highest BCUT2D eigenvalue weighted by Gasteiger charge is 2.13. The van der Waals surface area contributed by atoms with Crippen molar-refractivity contribution in [3.63, 3.8) is 0 Å². The van der Waals surface area contributed by atoms with Crippen LogP contribution < -0.4 is 5.32 Å². The van der Waals surface area contributed by atoms with Crippen LogP contribution in [0.5, 0.6) is 0 Å². The lowest BCUT2D eigenvalue weighted by Crippen LogP contribution is -2.20. The highest BCUT2D eigenvalue weighted by atomic mass is 35.5. The maximum absolute atomic E-state index is 12.1. The lowest BCUT2D eigenvalue weighted by molar-refractivity contribution is -0.116. The predicted octanol–water partition coefficient (Wildman–Crippen LogP) is 3.24. The van der Waals surface area contributed by atoms with Gasteiger partial charge in [-0.3, -0.25) is 4.79 Å². The van der Waals surface area contributed by atoms with Crippen LogP contribution in [0.25, 0.3) is 11.4 Å². The first-order valence-electron chi connectivity index (χ1n) is 6.71. The summed E-state index contributed by atoms with van der Waals surface area (Å²) in [5.74, 6) is 0.388. The Morgan fingerprint density at radius 2 is 1.82 bits per heavy atom. The molecule has 2 aromatic carbocycles. The molecule has 110 valence electrons. The van der Waals surface area contributed by atoms with Crippen molar-refractivity contribution in [3.05, 3.63) is 65.9 Å². The van der Waals surface area contributed by atoms with Gasteiger partial charge >= 0.3 is 0 Å². The Balaban J connectivity index is 1.78. The average Bonchev–Trinajstić information content (AvgIpc) is 2.96. The second-order valence-electron chi connectivity index (χ2n) is 4.64. The van der Waals surface area contributed by atoms with E-state index < -0.39 is 0 Å². The topological polar surface area (TPSA) is 59.8 Å². The van der Waals surface area contributed by atoms with Gasteiger partial charge in [-0.2, -0.15) is 5.10 Å². The van der Waals surface area contributed by atoms with Crippen molar-refractivity contribution in [1.82, 2.24) is 14.8 Å². The normalized spacial score (nSPS) is 10.4. The highest BCUT2D eigenvalue weighted by molar-refractivity contribution is 6.33. The summed E-state index contributed by atoms with van der Waals surface area (Å²) >= 11 is 6.17. The van der Waals surface area contributed by atoms with Crippen molar-refractivity contribution in [2.24, 2.45) is 0 Å². The fourth-order valence-electron chi connectivity index (χ4n) is 2.09. The number of carbonyl (C=O) groups is 1. The molecular formula is C16H13ClN4O. The summed E-state index contributed by atoms with van der Waals surface area (Å²) in [6, 6.07) is 16.6. The molecule has 0 saturated carbocycles. The summed E-state index contributed by atoms with van der Waals surface area (Å²) in [4.78, 5) is 16.3. The molecule has 0 saturated heterocycles. The number of halogens is 1. The first kappa shape index (κ1) is 14.3. The van der Waals surface area contributed by atoms with Crippen LogP contribution in [-0.4, -0.2) is 20.7 Å². The van der Waals surface area contributed by atoms with Crippen LogP contribution in [0, 0.1) is 0 Å². The molecule has 1 amide bonds. The van der Waals surface area contributed by atoms with Gasteiger partial charge in [0.05, 0.1) is 5.02 Å². The predicted molar refractivity (Wildman–Crippen MR) is 85.5 cm³/mol.